The van der Waals surface area contributed by atoms with Crippen molar-refractivity contribution >= 4 is 28.0 Å². The molecule has 0 unspecified atom stereocenters. The number of carbonyl (C=O) groups excluding carboxylic acids is 1. The number of hydrogen-bond donors (Lipinski definition) is 2. The number of nitrogens with one attached hydrogen (secondary N) is 1. The van der Waals surface area contributed by atoms with Crippen LogP contribution in [0.2, 0.25) is 0 Å². The third kappa shape index (κ3) is 3.43. The summed E-state index contributed by atoms with van der Waals surface area (Å²) in [6.45, 7) is 2.61. The molecule has 2 heterocycles. The lowest BCUT2D eigenvalue weighted by molar-refractivity contribution is 0.0533. The number of methoxy groups -OCH3 is 1. The molecule has 2 rings (SSSR count). The van der Waals surface area contributed by atoms with Gasteiger partial charge >= 0.3 is 5.97 Å². The van der Waals surface area contributed by atoms with Gasteiger partial charge in [-0.15, -0.1) is 11.3 Å². The van der Waals surface area contributed by atoms with Gasteiger partial charge in [-0.1, -0.05) is 6.07 Å². The van der Waals surface area contributed by atoms with Crippen LogP contribution in [0.15, 0.2) is 24.5 Å². The molecule has 0 spiro atoms. The Kier molecular flexibility index (Phi) is 4.99. The van der Waals surface area contributed by atoms with Gasteiger partial charge in [-0.25, -0.2) is 4.79 Å². The van der Waals surface area contributed by atoms with E-state index in [9.17, 15) is 4.79 Å². The number of esters is 1. The number of nitrogen functional groups attached to an aromatic ring is 1. The Hall–Kier alpha value is -2.28. The standard InChI is InChI=1S/C14H17N3O3S/c1-3-20-14(18)12-10(15)11(19-2)13(21-12)17-8-9-5-4-6-16-7-9/h4-7,17H,3,8,15H2,1-2H3. The monoisotopic (exact) mass is 307 g/mol. The lowest BCUT2D eigenvalue weighted by atomic mass is 10.3. The van der Waals surface area contributed by atoms with Gasteiger partial charge in [0.15, 0.2) is 5.75 Å². The molecule has 21 heavy (non-hydrogen) atoms. The zero-order valence-corrected chi connectivity index (χ0v) is 12.7. The zero-order valence-electron chi connectivity index (χ0n) is 11.9. The highest BCUT2D eigenvalue weighted by Crippen LogP contribution is 2.42. The van der Waals surface area contributed by atoms with Crippen molar-refractivity contribution in [2.45, 2.75) is 13.5 Å². The minimum Gasteiger partial charge on any atom is -0.492 e. The summed E-state index contributed by atoms with van der Waals surface area (Å²) >= 11 is 1.22. The topological polar surface area (TPSA) is 86.5 Å². The predicted molar refractivity (Wildman–Crippen MR) is 82.8 cm³/mol. The molecule has 2 aromatic heterocycles. The second-order valence-electron chi connectivity index (χ2n) is 4.14. The Bertz CT molecular complexity index is 613. The van der Waals surface area contributed by atoms with Crippen LogP contribution in [-0.2, 0) is 11.3 Å². The first kappa shape index (κ1) is 15.1. The summed E-state index contributed by atoms with van der Waals surface area (Å²) < 4.78 is 10.3. The largest absolute Gasteiger partial charge is 0.492 e. The van der Waals surface area contributed by atoms with Crippen molar-refractivity contribution in [1.82, 2.24) is 4.98 Å². The molecule has 0 aromatic carbocycles. The van der Waals surface area contributed by atoms with Crippen molar-refractivity contribution in [3.05, 3.63) is 35.0 Å². The van der Waals surface area contributed by atoms with Gasteiger partial charge in [-0.05, 0) is 18.6 Å². The average molecular weight is 307 g/mol. The van der Waals surface area contributed by atoms with Crippen molar-refractivity contribution in [2.24, 2.45) is 0 Å². The number of hydrogen-bond acceptors (Lipinski definition) is 7. The molecule has 0 bridgehead atoms. The lowest BCUT2D eigenvalue weighted by Crippen LogP contribution is -2.05. The van der Waals surface area contributed by atoms with Gasteiger partial charge in [0.25, 0.3) is 0 Å². The smallest absolute Gasteiger partial charge is 0.350 e. The van der Waals surface area contributed by atoms with Gasteiger partial charge in [0.1, 0.15) is 15.6 Å². The molecule has 0 aliphatic rings. The van der Waals surface area contributed by atoms with Crippen molar-refractivity contribution < 1.29 is 14.3 Å². The van der Waals surface area contributed by atoms with Crippen LogP contribution in [0.3, 0.4) is 0 Å². The van der Waals surface area contributed by atoms with E-state index in [1.54, 1.807) is 19.3 Å². The number of ether oxygens (including phenoxy) is 2. The van der Waals surface area contributed by atoms with Crippen LogP contribution in [-0.4, -0.2) is 24.7 Å². The van der Waals surface area contributed by atoms with Crippen LogP contribution < -0.4 is 15.8 Å². The molecule has 0 fully saturated rings. The minimum atomic E-state index is -0.437. The first-order valence-electron chi connectivity index (χ1n) is 6.43. The fourth-order valence-corrected chi connectivity index (χ4v) is 2.76. The first-order valence-corrected chi connectivity index (χ1v) is 7.25. The lowest BCUT2D eigenvalue weighted by Gasteiger charge is -2.06. The third-order valence-electron chi connectivity index (χ3n) is 2.74. The molecule has 6 nitrogen and oxygen atoms in total. The fraction of sp³-hybridized carbons (Fsp3) is 0.286. The van der Waals surface area contributed by atoms with Gasteiger partial charge in [-0.3, -0.25) is 4.98 Å². The van der Waals surface area contributed by atoms with Crippen molar-refractivity contribution in [2.75, 3.05) is 24.8 Å². The SMILES string of the molecule is CCOC(=O)c1sc(NCc2cccnc2)c(OC)c1N. The summed E-state index contributed by atoms with van der Waals surface area (Å²) in [5.74, 6) is 0.0275. The zero-order chi connectivity index (χ0) is 15.2. The Balaban J connectivity index is 2.19. The van der Waals surface area contributed by atoms with E-state index in [0.29, 0.717) is 34.5 Å². The van der Waals surface area contributed by atoms with Crippen molar-refractivity contribution in [3.8, 4) is 5.75 Å². The van der Waals surface area contributed by atoms with Crippen molar-refractivity contribution in [3.63, 3.8) is 0 Å². The molecule has 0 atom stereocenters. The number of thiophene rings is 1. The average Bonchev–Trinajstić information content (AvgIpc) is 2.82. The second kappa shape index (κ2) is 6.94. The molecular formula is C14H17N3O3S. The van der Waals surface area contributed by atoms with Crippen LogP contribution in [0.25, 0.3) is 0 Å². The van der Waals surface area contributed by atoms with Gasteiger partial charge in [0, 0.05) is 18.9 Å². The number of aromatic nitrogens is 1. The molecule has 0 aliphatic carbocycles. The number of anilines is 2. The molecule has 0 amide bonds. The van der Waals surface area contributed by atoms with E-state index in [1.165, 1.54) is 18.4 Å². The number of nitrogens with two attached hydrogens (primary N) is 1. The summed E-state index contributed by atoms with van der Waals surface area (Å²) in [5.41, 5.74) is 7.27. The Morgan fingerprint density at radius 1 is 1.52 bits per heavy atom. The predicted octanol–water partition coefficient (Wildman–Crippen LogP) is 2.52. The number of rotatable bonds is 6. The maximum Gasteiger partial charge on any atom is 0.350 e. The van der Waals surface area contributed by atoms with Gasteiger partial charge in [-0.2, -0.15) is 0 Å². The van der Waals surface area contributed by atoms with E-state index >= 15 is 0 Å². The van der Waals surface area contributed by atoms with E-state index in [4.69, 9.17) is 15.2 Å². The van der Waals surface area contributed by atoms with Crippen LogP contribution in [0.4, 0.5) is 10.7 Å². The summed E-state index contributed by atoms with van der Waals surface area (Å²) in [5, 5.41) is 3.90. The third-order valence-corrected chi connectivity index (χ3v) is 3.86. The van der Waals surface area contributed by atoms with Gasteiger partial charge in [0.05, 0.1) is 13.7 Å². The maximum absolute atomic E-state index is 11.8. The molecule has 0 radical (unpaired) electrons. The normalized spacial score (nSPS) is 10.2. The quantitative estimate of drug-likeness (QED) is 0.798. The first-order chi connectivity index (χ1) is 10.2. The summed E-state index contributed by atoms with van der Waals surface area (Å²) in [6.07, 6.45) is 3.48. The molecule has 3 N–H and O–H groups in total. The maximum atomic E-state index is 11.8. The van der Waals surface area contributed by atoms with Crippen molar-refractivity contribution in [1.29, 1.82) is 0 Å². The molecule has 7 heteroatoms. The van der Waals surface area contributed by atoms with E-state index in [2.05, 4.69) is 10.3 Å². The Morgan fingerprint density at radius 2 is 2.33 bits per heavy atom. The molecule has 0 saturated carbocycles. The fourth-order valence-electron chi connectivity index (χ4n) is 1.78. The number of pyridine rings is 1. The second-order valence-corrected chi connectivity index (χ2v) is 5.16. The van der Waals surface area contributed by atoms with Crippen LogP contribution in [0.1, 0.15) is 22.2 Å². The van der Waals surface area contributed by atoms with E-state index in [0.717, 1.165) is 5.56 Å². The Morgan fingerprint density at radius 3 is 2.95 bits per heavy atom. The van der Waals surface area contributed by atoms with Gasteiger partial charge < -0.3 is 20.5 Å². The highest BCUT2D eigenvalue weighted by Gasteiger charge is 2.22. The van der Waals surface area contributed by atoms with Crippen LogP contribution in [0.5, 0.6) is 5.75 Å². The van der Waals surface area contributed by atoms with E-state index < -0.39 is 5.97 Å². The molecule has 0 saturated heterocycles. The highest BCUT2D eigenvalue weighted by atomic mass is 32.1. The summed E-state index contributed by atoms with van der Waals surface area (Å²) in [4.78, 5) is 16.2. The molecular weight excluding hydrogens is 290 g/mol. The van der Waals surface area contributed by atoms with Crippen LogP contribution >= 0.6 is 11.3 Å². The van der Waals surface area contributed by atoms with E-state index in [1.807, 2.05) is 12.1 Å². The molecule has 0 aliphatic heterocycles. The Labute approximate surface area is 126 Å². The van der Waals surface area contributed by atoms with Gasteiger partial charge in [0.2, 0.25) is 0 Å². The summed E-state index contributed by atoms with van der Waals surface area (Å²) in [6, 6.07) is 3.82. The van der Waals surface area contributed by atoms with E-state index in [-0.39, 0.29) is 0 Å². The molecule has 112 valence electrons. The number of carbonyl (C=O) groups is 1. The number of nitrogens with zero attached hydrogens (tertiary/aromatic N) is 1. The molecule has 2 aromatic rings. The summed E-state index contributed by atoms with van der Waals surface area (Å²) in [7, 11) is 1.52. The minimum absolute atomic E-state index is 0.301. The van der Waals surface area contributed by atoms with Crippen LogP contribution in [0, 0.1) is 0 Å². The highest BCUT2D eigenvalue weighted by molar-refractivity contribution is 7.19.